The summed E-state index contributed by atoms with van der Waals surface area (Å²) >= 11 is 7.09. The maximum absolute atomic E-state index is 11.8. The molecular weight excluding hydrogens is 284 g/mol. The normalized spacial score (nSPS) is 9.89. The van der Waals surface area contributed by atoms with Crippen LogP contribution in [0.5, 0.6) is 0 Å². The van der Waals surface area contributed by atoms with E-state index in [2.05, 4.69) is 10.3 Å². The molecule has 96 valence electrons. The quantitative estimate of drug-likeness (QED) is 0.909. The Morgan fingerprint density at radius 2 is 2.37 bits per heavy atom. The molecule has 1 aromatic heterocycles. The van der Waals surface area contributed by atoms with Crippen LogP contribution in [0.4, 0.5) is 10.8 Å². The minimum atomic E-state index is -0.225. The van der Waals surface area contributed by atoms with Crippen molar-refractivity contribution in [1.29, 1.82) is 5.26 Å². The Balaban J connectivity index is 2.05. The number of aromatic nitrogens is 1. The molecule has 2 rings (SSSR count). The number of anilines is 2. The lowest BCUT2D eigenvalue weighted by molar-refractivity contribution is -0.115. The second-order valence-electron chi connectivity index (χ2n) is 3.71. The van der Waals surface area contributed by atoms with Crippen LogP contribution in [0.2, 0.25) is 5.02 Å². The van der Waals surface area contributed by atoms with E-state index in [0.717, 1.165) is 0 Å². The first-order valence-electron chi connectivity index (χ1n) is 5.28. The molecule has 1 aromatic carbocycles. The molecule has 0 unspecified atom stereocenters. The minimum absolute atomic E-state index is 0.137. The van der Waals surface area contributed by atoms with Crippen molar-refractivity contribution in [1.82, 2.24) is 4.98 Å². The van der Waals surface area contributed by atoms with Gasteiger partial charge < -0.3 is 11.1 Å². The first kappa shape index (κ1) is 13.3. The monoisotopic (exact) mass is 292 g/mol. The van der Waals surface area contributed by atoms with Gasteiger partial charge in [-0.05, 0) is 18.2 Å². The highest BCUT2D eigenvalue weighted by Gasteiger charge is 2.08. The largest absolute Gasteiger partial charge is 0.375 e. The molecule has 19 heavy (non-hydrogen) atoms. The fourth-order valence-corrected chi connectivity index (χ4v) is 2.18. The molecule has 0 aliphatic carbocycles. The van der Waals surface area contributed by atoms with Crippen LogP contribution in [0.3, 0.4) is 0 Å². The number of carbonyl (C=O) groups is 1. The number of hydrogen-bond donors (Lipinski definition) is 2. The third kappa shape index (κ3) is 3.44. The molecule has 0 aliphatic heterocycles. The Morgan fingerprint density at radius 1 is 1.58 bits per heavy atom. The van der Waals surface area contributed by atoms with Gasteiger partial charge in [0.05, 0.1) is 22.7 Å². The van der Waals surface area contributed by atoms with Crippen molar-refractivity contribution >= 4 is 39.7 Å². The Morgan fingerprint density at radius 3 is 3.00 bits per heavy atom. The highest BCUT2D eigenvalue weighted by Crippen LogP contribution is 2.20. The maximum atomic E-state index is 11.8. The van der Waals surface area contributed by atoms with E-state index >= 15 is 0 Å². The number of hydrogen-bond acceptors (Lipinski definition) is 5. The van der Waals surface area contributed by atoms with Gasteiger partial charge in [0.1, 0.15) is 6.07 Å². The molecule has 7 heteroatoms. The number of thiazole rings is 1. The van der Waals surface area contributed by atoms with Crippen LogP contribution < -0.4 is 11.1 Å². The van der Waals surface area contributed by atoms with Gasteiger partial charge in [-0.25, -0.2) is 4.98 Å². The lowest BCUT2D eigenvalue weighted by Crippen LogP contribution is -2.14. The number of amides is 1. The lowest BCUT2D eigenvalue weighted by atomic mass is 10.2. The molecule has 0 fully saturated rings. The van der Waals surface area contributed by atoms with Crippen LogP contribution in [0.15, 0.2) is 23.6 Å². The molecule has 0 aliphatic rings. The second kappa shape index (κ2) is 5.69. The maximum Gasteiger partial charge on any atom is 0.230 e. The van der Waals surface area contributed by atoms with Gasteiger partial charge in [0, 0.05) is 11.1 Å². The van der Waals surface area contributed by atoms with Crippen molar-refractivity contribution in [3.63, 3.8) is 0 Å². The van der Waals surface area contributed by atoms with Crippen LogP contribution in [0, 0.1) is 11.3 Å². The van der Waals surface area contributed by atoms with E-state index in [4.69, 9.17) is 22.6 Å². The summed E-state index contributed by atoms with van der Waals surface area (Å²) in [6.45, 7) is 0. The van der Waals surface area contributed by atoms with Crippen molar-refractivity contribution < 1.29 is 4.79 Å². The van der Waals surface area contributed by atoms with Gasteiger partial charge in [0.2, 0.25) is 5.91 Å². The first-order chi connectivity index (χ1) is 9.08. The van der Waals surface area contributed by atoms with Crippen molar-refractivity contribution in [3.05, 3.63) is 39.9 Å². The Bertz CT molecular complexity index is 662. The number of benzene rings is 1. The summed E-state index contributed by atoms with van der Waals surface area (Å²) < 4.78 is 0. The van der Waals surface area contributed by atoms with E-state index in [9.17, 15) is 4.79 Å². The predicted octanol–water partition coefficient (Wildman–Crippen LogP) is 2.43. The highest BCUT2D eigenvalue weighted by atomic mass is 35.5. The SMILES string of the molecule is N#Cc1cc(NC(=O)Cc2csc(N)n2)ccc1Cl. The summed E-state index contributed by atoms with van der Waals surface area (Å²) in [5, 5.41) is 14.0. The molecule has 0 bridgehead atoms. The summed E-state index contributed by atoms with van der Waals surface area (Å²) in [4.78, 5) is 15.8. The molecule has 1 amide bonds. The third-order valence-electron chi connectivity index (χ3n) is 2.28. The van der Waals surface area contributed by atoms with E-state index in [-0.39, 0.29) is 12.3 Å². The number of nitriles is 1. The zero-order chi connectivity index (χ0) is 13.8. The van der Waals surface area contributed by atoms with Gasteiger partial charge in [-0.1, -0.05) is 11.6 Å². The number of nitrogens with one attached hydrogen (secondary N) is 1. The van der Waals surface area contributed by atoms with Crippen molar-refractivity contribution in [2.45, 2.75) is 6.42 Å². The summed E-state index contributed by atoms with van der Waals surface area (Å²) in [6.07, 6.45) is 0.137. The molecular formula is C12H9ClN4OS. The van der Waals surface area contributed by atoms with Crippen molar-refractivity contribution in [3.8, 4) is 6.07 Å². The standard InChI is InChI=1S/C12H9ClN4OS/c13-10-2-1-8(3-7(10)5-14)16-11(18)4-9-6-19-12(15)17-9/h1-3,6H,4H2,(H2,15,17)(H,16,18). The van der Waals surface area contributed by atoms with Crippen LogP contribution in [0.1, 0.15) is 11.3 Å². The predicted molar refractivity (Wildman–Crippen MR) is 75.0 cm³/mol. The number of nitrogens with zero attached hydrogens (tertiary/aromatic N) is 2. The molecule has 1 heterocycles. The molecule has 0 saturated carbocycles. The zero-order valence-electron chi connectivity index (χ0n) is 9.68. The molecule has 0 saturated heterocycles. The molecule has 0 atom stereocenters. The average Bonchev–Trinajstić information content (AvgIpc) is 2.77. The molecule has 3 N–H and O–H groups in total. The molecule has 2 aromatic rings. The van der Waals surface area contributed by atoms with E-state index in [1.807, 2.05) is 6.07 Å². The fourth-order valence-electron chi connectivity index (χ4n) is 1.46. The third-order valence-corrected chi connectivity index (χ3v) is 3.33. The van der Waals surface area contributed by atoms with E-state index < -0.39 is 0 Å². The van der Waals surface area contributed by atoms with Gasteiger partial charge in [-0.15, -0.1) is 11.3 Å². The van der Waals surface area contributed by atoms with Gasteiger partial charge in [0.15, 0.2) is 5.13 Å². The second-order valence-corrected chi connectivity index (χ2v) is 5.01. The minimum Gasteiger partial charge on any atom is -0.375 e. The van der Waals surface area contributed by atoms with Gasteiger partial charge >= 0.3 is 0 Å². The Hall–Kier alpha value is -2.10. The van der Waals surface area contributed by atoms with Crippen LogP contribution in [-0.2, 0) is 11.2 Å². The van der Waals surface area contributed by atoms with Crippen LogP contribution in [-0.4, -0.2) is 10.9 Å². The molecule has 0 spiro atoms. The fraction of sp³-hybridized carbons (Fsp3) is 0.0833. The van der Waals surface area contributed by atoms with Gasteiger partial charge in [0.25, 0.3) is 0 Å². The van der Waals surface area contributed by atoms with E-state index in [1.165, 1.54) is 17.4 Å². The topological polar surface area (TPSA) is 91.8 Å². The summed E-state index contributed by atoms with van der Waals surface area (Å²) in [6, 6.07) is 6.68. The molecule has 0 radical (unpaired) electrons. The average molecular weight is 293 g/mol. The summed E-state index contributed by atoms with van der Waals surface area (Å²) in [5.74, 6) is -0.225. The zero-order valence-corrected chi connectivity index (χ0v) is 11.3. The number of halogens is 1. The van der Waals surface area contributed by atoms with Gasteiger partial charge in [-0.2, -0.15) is 5.26 Å². The van der Waals surface area contributed by atoms with Crippen molar-refractivity contribution in [2.75, 3.05) is 11.1 Å². The van der Waals surface area contributed by atoms with Crippen LogP contribution >= 0.6 is 22.9 Å². The number of nitrogen functional groups attached to an aromatic ring is 1. The molecule has 5 nitrogen and oxygen atoms in total. The number of nitrogens with two attached hydrogens (primary N) is 1. The smallest absolute Gasteiger partial charge is 0.230 e. The van der Waals surface area contributed by atoms with Crippen molar-refractivity contribution in [2.24, 2.45) is 0 Å². The van der Waals surface area contributed by atoms with Gasteiger partial charge in [-0.3, -0.25) is 4.79 Å². The first-order valence-corrected chi connectivity index (χ1v) is 6.53. The van der Waals surface area contributed by atoms with Crippen LogP contribution in [0.25, 0.3) is 0 Å². The Labute approximate surface area is 118 Å². The summed E-state index contributed by atoms with van der Waals surface area (Å²) in [7, 11) is 0. The van der Waals surface area contributed by atoms with E-state index in [1.54, 1.807) is 17.5 Å². The van der Waals surface area contributed by atoms with E-state index in [0.29, 0.717) is 27.1 Å². The number of carbonyl (C=O) groups excluding carboxylic acids is 1. The lowest BCUT2D eigenvalue weighted by Gasteiger charge is -2.05. The Kier molecular flexibility index (Phi) is 4.00. The number of rotatable bonds is 3. The summed E-state index contributed by atoms with van der Waals surface area (Å²) in [5.41, 5.74) is 6.95. The highest BCUT2D eigenvalue weighted by molar-refractivity contribution is 7.13.